The van der Waals surface area contributed by atoms with E-state index in [0.29, 0.717) is 44.6 Å². The molecule has 0 aromatic heterocycles. The van der Waals surface area contributed by atoms with Crippen molar-refractivity contribution in [2.45, 2.75) is 25.7 Å². The lowest BCUT2D eigenvalue weighted by Crippen LogP contribution is -2.49. The lowest BCUT2D eigenvalue weighted by atomic mass is 9.79. The van der Waals surface area contributed by atoms with Gasteiger partial charge in [0.15, 0.2) is 11.5 Å². The zero-order valence-corrected chi connectivity index (χ0v) is 13.5. The molecule has 3 N–H and O–H groups in total. The van der Waals surface area contributed by atoms with Gasteiger partial charge >= 0.3 is 0 Å². The first-order valence-electron chi connectivity index (χ1n) is 8.12. The number of hydrogen-bond acceptors (Lipinski definition) is 5. The third kappa shape index (κ3) is 3.62. The van der Waals surface area contributed by atoms with Gasteiger partial charge in [-0.3, -0.25) is 9.59 Å². The quantitative estimate of drug-likeness (QED) is 0.799. The number of aryl methyl sites for hydroxylation is 1. The molecule has 0 bridgehead atoms. The van der Waals surface area contributed by atoms with E-state index in [2.05, 4.69) is 5.32 Å². The summed E-state index contributed by atoms with van der Waals surface area (Å²) < 4.78 is 15.9. The zero-order valence-electron chi connectivity index (χ0n) is 13.5. The van der Waals surface area contributed by atoms with E-state index < -0.39 is 5.41 Å². The Labute approximate surface area is 140 Å². The summed E-state index contributed by atoms with van der Waals surface area (Å²) in [6.45, 7) is 1.50. The predicted molar refractivity (Wildman–Crippen MR) is 85.6 cm³/mol. The average Bonchev–Trinajstić information content (AvgIpc) is 3.06. The van der Waals surface area contributed by atoms with Crippen LogP contribution in [0.15, 0.2) is 18.2 Å². The molecule has 24 heavy (non-hydrogen) atoms. The maximum absolute atomic E-state index is 12.1. The number of amides is 2. The largest absolute Gasteiger partial charge is 0.454 e. The average molecular weight is 334 g/mol. The maximum atomic E-state index is 12.1. The fourth-order valence-electron chi connectivity index (χ4n) is 2.98. The van der Waals surface area contributed by atoms with Crippen molar-refractivity contribution in [2.75, 3.05) is 26.6 Å². The number of primary amides is 1. The third-order valence-corrected chi connectivity index (χ3v) is 4.67. The molecule has 7 nitrogen and oxygen atoms in total. The van der Waals surface area contributed by atoms with Gasteiger partial charge in [0.25, 0.3) is 0 Å². The summed E-state index contributed by atoms with van der Waals surface area (Å²) in [5, 5.41) is 2.85. The molecule has 2 amide bonds. The molecule has 1 aromatic rings. The molecule has 0 aliphatic carbocycles. The van der Waals surface area contributed by atoms with E-state index in [-0.39, 0.29) is 25.2 Å². The second-order valence-corrected chi connectivity index (χ2v) is 6.22. The SMILES string of the molecule is NC(=O)C1(CNC(=O)CCc2ccc3c(c2)OCO3)CCOCC1. The molecule has 0 radical (unpaired) electrons. The number of carbonyl (C=O) groups excluding carboxylic acids is 2. The number of rotatable bonds is 6. The van der Waals surface area contributed by atoms with Gasteiger partial charge in [-0.1, -0.05) is 6.07 Å². The highest BCUT2D eigenvalue weighted by Gasteiger charge is 2.38. The predicted octanol–water partition coefficient (Wildman–Crippen LogP) is 0.746. The molecular weight excluding hydrogens is 312 g/mol. The van der Waals surface area contributed by atoms with Gasteiger partial charge in [0.2, 0.25) is 18.6 Å². The van der Waals surface area contributed by atoms with Crippen LogP contribution in [0.5, 0.6) is 11.5 Å². The van der Waals surface area contributed by atoms with Crippen LogP contribution in [0.3, 0.4) is 0 Å². The molecule has 1 aromatic carbocycles. The maximum Gasteiger partial charge on any atom is 0.231 e. The van der Waals surface area contributed by atoms with Crippen LogP contribution in [0.4, 0.5) is 0 Å². The van der Waals surface area contributed by atoms with E-state index in [4.69, 9.17) is 19.9 Å². The van der Waals surface area contributed by atoms with Crippen molar-refractivity contribution in [3.8, 4) is 11.5 Å². The van der Waals surface area contributed by atoms with Crippen molar-refractivity contribution in [2.24, 2.45) is 11.1 Å². The summed E-state index contributed by atoms with van der Waals surface area (Å²) in [6.07, 6.45) is 2.02. The minimum Gasteiger partial charge on any atom is -0.454 e. The van der Waals surface area contributed by atoms with Gasteiger partial charge < -0.3 is 25.3 Å². The summed E-state index contributed by atoms with van der Waals surface area (Å²) in [6, 6.07) is 5.66. The number of ether oxygens (including phenoxy) is 3. The van der Waals surface area contributed by atoms with Crippen LogP contribution in [-0.4, -0.2) is 38.4 Å². The number of carbonyl (C=O) groups is 2. The van der Waals surface area contributed by atoms with Crippen molar-refractivity contribution in [1.82, 2.24) is 5.32 Å². The molecule has 130 valence electrons. The van der Waals surface area contributed by atoms with Crippen LogP contribution < -0.4 is 20.5 Å². The van der Waals surface area contributed by atoms with Crippen LogP contribution >= 0.6 is 0 Å². The van der Waals surface area contributed by atoms with Crippen molar-refractivity contribution in [3.05, 3.63) is 23.8 Å². The first-order valence-corrected chi connectivity index (χ1v) is 8.12. The van der Waals surface area contributed by atoms with Crippen molar-refractivity contribution in [3.63, 3.8) is 0 Å². The molecular formula is C17H22N2O5. The van der Waals surface area contributed by atoms with Crippen LogP contribution in [0.2, 0.25) is 0 Å². The lowest BCUT2D eigenvalue weighted by molar-refractivity contribution is -0.134. The summed E-state index contributed by atoms with van der Waals surface area (Å²) in [7, 11) is 0. The lowest BCUT2D eigenvalue weighted by Gasteiger charge is -2.34. The summed E-state index contributed by atoms with van der Waals surface area (Å²) in [5.41, 5.74) is 5.85. The summed E-state index contributed by atoms with van der Waals surface area (Å²) in [4.78, 5) is 23.9. The van der Waals surface area contributed by atoms with Gasteiger partial charge in [-0.2, -0.15) is 0 Å². The summed E-state index contributed by atoms with van der Waals surface area (Å²) in [5.74, 6) is 0.968. The Morgan fingerprint density at radius 2 is 1.92 bits per heavy atom. The Morgan fingerprint density at radius 3 is 2.67 bits per heavy atom. The van der Waals surface area contributed by atoms with Crippen LogP contribution in [0.25, 0.3) is 0 Å². The highest BCUT2D eigenvalue weighted by molar-refractivity contribution is 5.83. The molecule has 2 aliphatic rings. The molecule has 0 spiro atoms. The van der Waals surface area contributed by atoms with Gasteiger partial charge in [0.1, 0.15) is 0 Å². The minimum absolute atomic E-state index is 0.0974. The molecule has 0 atom stereocenters. The van der Waals surface area contributed by atoms with Gasteiger partial charge in [-0.05, 0) is 37.0 Å². The van der Waals surface area contributed by atoms with Crippen molar-refractivity contribution >= 4 is 11.8 Å². The minimum atomic E-state index is -0.688. The Balaban J connectivity index is 1.49. The van der Waals surface area contributed by atoms with E-state index in [1.807, 2.05) is 18.2 Å². The summed E-state index contributed by atoms with van der Waals surface area (Å²) >= 11 is 0. The Morgan fingerprint density at radius 1 is 1.17 bits per heavy atom. The van der Waals surface area contributed by atoms with E-state index in [1.165, 1.54) is 0 Å². The number of hydrogen-bond donors (Lipinski definition) is 2. The van der Waals surface area contributed by atoms with Gasteiger partial charge in [-0.25, -0.2) is 0 Å². The first-order chi connectivity index (χ1) is 11.6. The Kier molecular flexibility index (Phi) is 4.89. The Bertz CT molecular complexity index is 625. The van der Waals surface area contributed by atoms with E-state index >= 15 is 0 Å². The normalized spacial score (nSPS) is 18.2. The van der Waals surface area contributed by atoms with Crippen molar-refractivity contribution in [1.29, 1.82) is 0 Å². The first kappa shape index (κ1) is 16.6. The zero-order chi connectivity index (χ0) is 17.0. The molecule has 7 heteroatoms. The monoisotopic (exact) mass is 334 g/mol. The van der Waals surface area contributed by atoms with E-state index in [1.54, 1.807) is 0 Å². The van der Waals surface area contributed by atoms with Gasteiger partial charge in [-0.15, -0.1) is 0 Å². The molecule has 0 saturated carbocycles. The van der Waals surface area contributed by atoms with E-state index in [9.17, 15) is 9.59 Å². The third-order valence-electron chi connectivity index (χ3n) is 4.67. The number of nitrogens with two attached hydrogens (primary N) is 1. The highest BCUT2D eigenvalue weighted by atomic mass is 16.7. The van der Waals surface area contributed by atoms with Crippen LogP contribution in [0.1, 0.15) is 24.8 Å². The Hall–Kier alpha value is -2.28. The molecule has 1 saturated heterocycles. The number of fused-ring (bicyclic) bond motifs is 1. The molecule has 3 rings (SSSR count). The smallest absolute Gasteiger partial charge is 0.231 e. The van der Waals surface area contributed by atoms with E-state index in [0.717, 1.165) is 11.3 Å². The van der Waals surface area contributed by atoms with Crippen LogP contribution in [-0.2, 0) is 20.7 Å². The van der Waals surface area contributed by atoms with Gasteiger partial charge in [0.05, 0.1) is 5.41 Å². The number of nitrogens with one attached hydrogen (secondary N) is 1. The second kappa shape index (κ2) is 7.09. The molecule has 0 unspecified atom stereocenters. The fourth-order valence-corrected chi connectivity index (χ4v) is 2.98. The van der Waals surface area contributed by atoms with Crippen LogP contribution in [0, 0.1) is 5.41 Å². The van der Waals surface area contributed by atoms with Gasteiger partial charge in [0, 0.05) is 26.2 Å². The molecule has 2 aliphatic heterocycles. The van der Waals surface area contributed by atoms with Crippen molar-refractivity contribution < 1.29 is 23.8 Å². The fraction of sp³-hybridized carbons (Fsp3) is 0.529. The topological polar surface area (TPSA) is 99.9 Å². The standard InChI is InChI=1S/C17H22N2O5/c18-16(21)17(5-7-22-8-6-17)10-19-15(20)4-2-12-1-3-13-14(9-12)24-11-23-13/h1,3,9H,2,4-8,10-11H2,(H2,18,21)(H,19,20). The molecule has 2 heterocycles. The second-order valence-electron chi connectivity index (χ2n) is 6.22. The molecule has 1 fully saturated rings. The number of benzene rings is 1. The highest BCUT2D eigenvalue weighted by Crippen LogP contribution is 2.33.